The van der Waals surface area contributed by atoms with E-state index in [2.05, 4.69) is 24.5 Å². The molecule has 0 saturated carbocycles. The molecule has 16 heavy (non-hydrogen) atoms. The van der Waals surface area contributed by atoms with E-state index in [0.717, 1.165) is 13.1 Å². The van der Waals surface area contributed by atoms with Crippen LogP contribution in [0.4, 0.5) is 0 Å². The smallest absolute Gasteiger partial charge is 0.222 e. The Bertz CT molecular complexity index is 229. The molecule has 0 aromatic carbocycles. The molecular weight excluding hydrogens is 204 g/mol. The number of nitrogens with one attached hydrogen (secondary N) is 2. The van der Waals surface area contributed by atoms with E-state index in [1.165, 1.54) is 12.8 Å². The first kappa shape index (κ1) is 13.5. The Kier molecular flexibility index (Phi) is 5.22. The highest BCUT2D eigenvalue weighted by Crippen LogP contribution is 2.29. The van der Waals surface area contributed by atoms with Gasteiger partial charge in [-0.15, -0.1) is 0 Å². The highest BCUT2D eigenvalue weighted by Gasteiger charge is 2.31. The first-order valence-corrected chi connectivity index (χ1v) is 6.05. The van der Waals surface area contributed by atoms with Crippen LogP contribution in [0.3, 0.4) is 0 Å². The molecule has 0 aliphatic carbocycles. The predicted octanol–water partition coefficient (Wildman–Crippen LogP) is 0.917. The number of carbonyl (C=O) groups excluding carboxylic acids is 1. The Labute approximate surface area is 98.1 Å². The average Bonchev–Trinajstić information content (AvgIpc) is 2.24. The summed E-state index contributed by atoms with van der Waals surface area (Å²) in [4.78, 5) is 11.4. The van der Waals surface area contributed by atoms with Crippen molar-refractivity contribution in [2.75, 3.05) is 26.8 Å². The molecule has 4 nitrogen and oxygen atoms in total. The molecule has 1 heterocycles. The summed E-state index contributed by atoms with van der Waals surface area (Å²) in [6.45, 7) is 6.78. The number of hydrogen-bond acceptors (Lipinski definition) is 3. The Balaban J connectivity index is 2.27. The number of hydrogen-bond donors (Lipinski definition) is 2. The standard InChI is InChI=1S/C12H24N2O2/c1-12(2)6-4-7-13-10(12)9-14-11(15)5-8-16-3/h10,13H,4-9H2,1-3H3,(H,14,15). The number of methoxy groups -OCH3 is 1. The van der Waals surface area contributed by atoms with Crippen molar-refractivity contribution >= 4 is 5.91 Å². The third-order valence-corrected chi connectivity index (χ3v) is 3.37. The van der Waals surface area contributed by atoms with Gasteiger partial charge in [0.15, 0.2) is 0 Å². The fraction of sp³-hybridized carbons (Fsp3) is 0.917. The van der Waals surface area contributed by atoms with Gasteiger partial charge in [0.2, 0.25) is 5.91 Å². The van der Waals surface area contributed by atoms with Crippen LogP contribution >= 0.6 is 0 Å². The van der Waals surface area contributed by atoms with Gasteiger partial charge in [-0.25, -0.2) is 0 Å². The summed E-state index contributed by atoms with van der Waals surface area (Å²) in [5.74, 6) is 0.0741. The SMILES string of the molecule is COCCC(=O)NCC1NCCCC1(C)C. The van der Waals surface area contributed by atoms with E-state index in [0.29, 0.717) is 19.1 Å². The molecule has 0 spiro atoms. The van der Waals surface area contributed by atoms with Crippen molar-refractivity contribution in [3.05, 3.63) is 0 Å². The molecule has 1 saturated heterocycles. The lowest BCUT2D eigenvalue weighted by Gasteiger charge is -2.39. The van der Waals surface area contributed by atoms with Gasteiger partial charge in [-0.1, -0.05) is 13.8 Å². The minimum Gasteiger partial charge on any atom is -0.384 e. The van der Waals surface area contributed by atoms with Crippen molar-refractivity contribution in [2.45, 2.75) is 39.2 Å². The Morgan fingerprint density at radius 3 is 2.94 bits per heavy atom. The van der Waals surface area contributed by atoms with Crippen molar-refractivity contribution in [1.82, 2.24) is 10.6 Å². The van der Waals surface area contributed by atoms with Crippen LogP contribution in [0.5, 0.6) is 0 Å². The van der Waals surface area contributed by atoms with Gasteiger partial charge in [0.25, 0.3) is 0 Å². The number of piperidine rings is 1. The van der Waals surface area contributed by atoms with Crippen LogP contribution in [0.25, 0.3) is 0 Å². The maximum atomic E-state index is 11.4. The molecule has 1 rings (SSSR count). The summed E-state index contributed by atoms with van der Waals surface area (Å²) in [7, 11) is 1.61. The van der Waals surface area contributed by atoms with Crippen LogP contribution in [0, 0.1) is 5.41 Å². The molecule has 1 atom stereocenters. The minimum absolute atomic E-state index is 0.0741. The summed E-state index contributed by atoms with van der Waals surface area (Å²) in [5, 5.41) is 6.44. The molecule has 1 amide bonds. The summed E-state index contributed by atoms with van der Waals surface area (Å²) in [6, 6.07) is 0.382. The summed E-state index contributed by atoms with van der Waals surface area (Å²) < 4.78 is 4.87. The second kappa shape index (κ2) is 6.21. The molecule has 2 N–H and O–H groups in total. The molecule has 1 unspecified atom stereocenters. The fourth-order valence-corrected chi connectivity index (χ4v) is 2.12. The fourth-order valence-electron chi connectivity index (χ4n) is 2.12. The van der Waals surface area contributed by atoms with E-state index in [9.17, 15) is 4.79 Å². The lowest BCUT2D eigenvalue weighted by atomic mass is 9.77. The first-order chi connectivity index (χ1) is 7.56. The van der Waals surface area contributed by atoms with E-state index in [4.69, 9.17) is 4.74 Å². The summed E-state index contributed by atoms with van der Waals surface area (Å²) in [5.41, 5.74) is 0.271. The molecule has 4 heteroatoms. The Morgan fingerprint density at radius 1 is 1.56 bits per heavy atom. The van der Waals surface area contributed by atoms with Gasteiger partial charge in [0, 0.05) is 26.1 Å². The molecule has 1 fully saturated rings. The summed E-state index contributed by atoms with van der Waals surface area (Å²) >= 11 is 0. The molecule has 0 radical (unpaired) electrons. The number of amides is 1. The minimum atomic E-state index is 0.0741. The van der Waals surface area contributed by atoms with Crippen LogP contribution in [0.2, 0.25) is 0 Å². The molecule has 0 bridgehead atoms. The van der Waals surface area contributed by atoms with Gasteiger partial charge in [-0.05, 0) is 24.8 Å². The van der Waals surface area contributed by atoms with Crippen molar-refractivity contribution in [3.63, 3.8) is 0 Å². The van der Waals surface area contributed by atoms with Gasteiger partial charge >= 0.3 is 0 Å². The predicted molar refractivity (Wildman–Crippen MR) is 64.3 cm³/mol. The normalized spacial score (nSPS) is 24.1. The van der Waals surface area contributed by atoms with Crippen molar-refractivity contribution < 1.29 is 9.53 Å². The maximum Gasteiger partial charge on any atom is 0.222 e. The van der Waals surface area contributed by atoms with Crippen molar-refractivity contribution in [1.29, 1.82) is 0 Å². The van der Waals surface area contributed by atoms with E-state index in [1.807, 2.05) is 0 Å². The van der Waals surface area contributed by atoms with Crippen LogP contribution in [-0.4, -0.2) is 38.8 Å². The summed E-state index contributed by atoms with van der Waals surface area (Å²) in [6.07, 6.45) is 2.89. The molecule has 1 aliphatic heterocycles. The average molecular weight is 228 g/mol. The first-order valence-electron chi connectivity index (χ1n) is 6.05. The lowest BCUT2D eigenvalue weighted by Crippen LogP contribution is -2.52. The van der Waals surface area contributed by atoms with Crippen LogP contribution < -0.4 is 10.6 Å². The number of rotatable bonds is 5. The molecule has 0 aromatic heterocycles. The molecule has 94 valence electrons. The largest absolute Gasteiger partial charge is 0.384 e. The van der Waals surface area contributed by atoms with E-state index >= 15 is 0 Å². The van der Waals surface area contributed by atoms with Crippen LogP contribution in [0.15, 0.2) is 0 Å². The third kappa shape index (κ3) is 4.10. The second-order valence-electron chi connectivity index (χ2n) is 5.15. The van der Waals surface area contributed by atoms with Gasteiger partial charge in [0.05, 0.1) is 6.61 Å². The molecular formula is C12H24N2O2. The number of carbonyl (C=O) groups is 1. The zero-order chi connectivity index (χ0) is 12.0. The lowest BCUT2D eigenvalue weighted by molar-refractivity contribution is -0.122. The van der Waals surface area contributed by atoms with Gasteiger partial charge in [-0.2, -0.15) is 0 Å². The zero-order valence-electron chi connectivity index (χ0n) is 10.6. The Morgan fingerprint density at radius 2 is 2.31 bits per heavy atom. The third-order valence-electron chi connectivity index (χ3n) is 3.37. The highest BCUT2D eigenvalue weighted by molar-refractivity contribution is 5.75. The number of ether oxygens (including phenoxy) is 1. The Hall–Kier alpha value is -0.610. The van der Waals surface area contributed by atoms with Gasteiger partial charge < -0.3 is 15.4 Å². The van der Waals surface area contributed by atoms with Crippen LogP contribution in [-0.2, 0) is 9.53 Å². The van der Waals surface area contributed by atoms with E-state index < -0.39 is 0 Å². The van der Waals surface area contributed by atoms with E-state index in [-0.39, 0.29) is 11.3 Å². The van der Waals surface area contributed by atoms with Gasteiger partial charge in [0.1, 0.15) is 0 Å². The zero-order valence-corrected chi connectivity index (χ0v) is 10.6. The second-order valence-corrected chi connectivity index (χ2v) is 5.15. The maximum absolute atomic E-state index is 11.4. The monoisotopic (exact) mass is 228 g/mol. The van der Waals surface area contributed by atoms with Crippen LogP contribution in [0.1, 0.15) is 33.1 Å². The quantitative estimate of drug-likeness (QED) is 0.735. The van der Waals surface area contributed by atoms with E-state index in [1.54, 1.807) is 7.11 Å². The highest BCUT2D eigenvalue weighted by atomic mass is 16.5. The van der Waals surface area contributed by atoms with Gasteiger partial charge in [-0.3, -0.25) is 4.79 Å². The molecule has 1 aliphatic rings. The van der Waals surface area contributed by atoms with Crippen molar-refractivity contribution in [2.24, 2.45) is 5.41 Å². The topological polar surface area (TPSA) is 50.4 Å². The van der Waals surface area contributed by atoms with Crippen molar-refractivity contribution in [3.8, 4) is 0 Å². The molecule has 0 aromatic rings.